The fourth-order valence-electron chi connectivity index (χ4n) is 3.64. The quantitative estimate of drug-likeness (QED) is 0.682. The molecule has 124 valence electrons. The van der Waals surface area contributed by atoms with Crippen molar-refractivity contribution in [2.75, 3.05) is 11.4 Å². The van der Waals surface area contributed by atoms with Crippen LogP contribution in [-0.4, -0.2) is 16.5 Å². The summed E-state index contributed by atoms with van der Waals surface area (Å²) in [7, 11) is 0. The smallest absolute Gasteiger partial charge is 0.141 e. The van der Waals surface area contributed by atoms with Gasteiger partial charge in [-0.15, -0.1) is 11.3 Å². The van der Waals surface area contributed by atoms with Crippen LogP contribution in [0.1, 0.15) is 36.3 Å². The predicted molar refractivity (Wildman–Crippen MR) is 102 cm³/mol. The minimum atomic E-state index is 0.786. The summed E-state index contributed by atoms with van der Waals surface area (Å²) in [6.45, 7) is 6.40. The Balaban J connectivity index is 1.77. The van der Waals surface area contributed by atoms with Crippen LogP contribution in [0.5, 0.6) is 0 Å². The summed E-state index contributed by atoms with van der Waals surface area (Å²) in [5.74, 6) is 1.90. The molecule has 2 heterocycles. The van der Waals surface area contributed by atoms with Crippen molar-refractivity contribution >= 4 is 27.4 Å². The van der Waals surface area contributed by atoms with Gasteiger partial charge in [0, 0.05) is 18.0 Å². The molecule has 0 radical (unpaired) electrons. The molecule has 4 heteroatoms. The minimum Gasteiger partial charge on any atom is -0.352 e. The van der Waals surface area contributed by atoms with Crippen LogP contribution in [0, 0.1) is 5.92 Å². The van der Waals surface area contributed by atoms with E-state index in [9.17, 15) is 0 Å². The lowest BCUT2D eigenvalue weighted by atomic mass is 9.89. The van der Waals surface area contributed by atoms with E-state index in [1.807, 2.05) is 11.3 Å². The third kappa shape index (κ3) is 2.80. The summed E-state index contributed by atoms with van der Waals surface area (Å²) in [6, 6.07) is 10.6. The van der Waals surface area contributed by atoms with Crippen molar-refractivity contribution in [2.45, 2.75) is 39.7 Å². The van der Waals surface area contributed by atoms with Crippen LogP contribution in [0.4, 0.5) is 5.82 Å². The van der Waals surface area contributed by atoms with Crippen LogP contribution >= 0.6 is 11.3 Å². The first kappa shape index (κ1) is 15.6. The standard InChI is InChI=1S/C20H23N3S/c1-3-23(12-15-7-5-4-6-8-15)19-18-16-10-9-14(2)11-17(16)24-20(18)22-13-21-19/h4-8,13-14H,3,9-12H2,1-2H3/t14-/m1/s1. The first-order valence-corrected chi connectivity index (χ1v) is 9.62. The van der Waals surface area contributed by atoms with Gasteiger partial charge in [-0.05, 0) is 43.2 Å². The molecule has 2 aromatic heterocycles. The van der Waals surface area contributed by atoms with Crippen molar-refractivity contribution in [2.24, 2.45) is 5.92 Å². The van der Waals surface area contributed by atoms with E-state index in [1.54, 1.807) is 6.33 Å². The molecule has 1 aromatic carbocycles. The third-order valence-electron chi connectivity index (χ3n) is 4.97. The number of thiophene rings is 1. The van der Waals surface area contributed by atoms with Gasteiger partial charge in [0.2, 0.25) is 0 Å². The highest BCUT2D eigenvalue weighted by molar-refractivity contribution is 7.19. The zero-order valence-electron chi connectivity index (χ0n) is 14.3. The van der Waals surface area contributed by atoms with E-state index in [1.165, 1.54) is 40.7 Å². The first-order chi connectivity index (χ1) is 11.8. The van der Waals surface area contributed by atoms with Gasteiger partial charge >= 0.3 is 0 Å². The molecule has 0 aliphatic heterocycles. The maximum Gasteiger partial charge on any atom is 0.141 e. The molecule has 0 spiro atoms. The molecule has 0 saturated carbocycles. The first-order valence-electron chi connectivity index (χ1n) is 8.80. The molecule has 4 rings (SSSR count). The third-order valence-corrected chi connectivity index (χ3v) is 6.13. The molecule has 0 amide bonds. The molecule has 0 fully saturated rings. The molecule has 3 aromatic rings. The SMILES string of the molecule is CCN(Cc1ccccc1)c1ncnc2sc3c(c12)CC[C@@H](C)C3. The number of aryl methyl sites for hydroxylation is 1. The van der Waals surface area contributed by atoms with Crippen LogP contribution < -0.4 is 4.90 Å². The van der Waals surface area contributed by atoms with Crippen LogP contribution in [0.25, 0.3) is 10.2 Å². The van der Waals surface area contributed by atoms with E-state index < -0.39 is 0 Å². The molecule has 3 nitrogen and oxygen atoms in total. The van der Waals surface area contributed by atoms with Crippen LogP contribution in [0.3, 0.4) is 0 Å². The largest absolute Gasteiger partial charge is 0.352 e. The Morgan fingerprint density at radius 1 is 1.21 bits per heavy atom. The fourth-order valence-corrected chi connectivity index (χ4v) is 4.98. The van der Waals surface area contributed by atoms with Gasteiger partial charge in [-0.2, -0.15) is 0 Å². The van der Waals surface area contributed by atoms with Crippen molar-refractivity contribution in [3.8, 4) is 0 Å². The van der Waals surface area contributed by atoms with Crippen LogP contribution in [0.15, 0.2) is 36.7 Å². The number of rotatable bonds is 4. The van der Waals surface area contributed by atoms with Crippen molar-refractivity contribution in [3.05, 3.63) is 52.7 Å². The number of aromatic nitrogens is 2. The van der Waals surface area contributed by atoms with Gasteiger partial charge < -0.3 is 4.90 Å². The summed E-state index contributed by atoms with van der Waals surface area (Å²) in [5.41, 5.74) is 2.83. The zero-order valence-corrected chi connectivity index (χ0v) is 15.1. The summed E-state index contributed by atoms with van der Waals surface area (Å²) in [5, 5.41) is 1.31. The number of hydrogen-bond donors (Lipinski definition) is 0. The van der Waals surface area contributed by atoms with E-state index in [0.717, 1.165) is 29.7 Å². The summed E-state index contributed by atoms with van der Waals surface area (Å²) in [4.78, 5) is 14.3. The highest BCUT2D eigenvalue weighted by Crippen LogP contribution is 2.40. The molecule has 0 bridgehead atoms. The fraction of sp³-hybridized carbons (Fsp3) is 0.400. The van der Waals surface area contributed by atoms with Gasteiger partial charge in [0.05, 0.1) is 5.39 Å². The van der Waals surface area contributed by atoms with E-state index in [4.69, 9.17) is 4.98 Å². The van der Waals surface area contributed by atoms with Gasteiger partial charge in [0.1, 0.15) is 17.0 Å². The van der Waals surface area contributed by atoms with E-state index >= 15 is 0 Å². The van der Waals surface area contributed by atoms with Crippen LogP contribution in [-0.2, 0) is 19.4 Å². The summed E-state index contributed by atoms with van der Waals surface area (Å²) < 4.78 is 0. The predicted octanol–water partition coefficient (Wildman–Crippen LogP) is 4.84. The lowest BCUT2D eigenvalue weighted by Gasteiger charge is -2.24. The van der Waals surface area contributed by atoms with Gasteiger partial charge in [-0.25, -0.2) is 9.97 Å². The average Bonchev–Trinajstić information content (AvgIpc) is 2.98. The zero-order chi connectivity index (χ0) is 16.5. The monoisotopic (exact) mass is 337 g/mol. The second-order valence-electron chi connectivity index (χ2n) is 6.73. The van der Waals surface area contributed by atoms with Crippen molar-refractivity contribution < 1.29 is 0 Å². The summed E-state index contributed by atoms with van der Waals surface area (Å²) >= 11 is 1.87. The number of anilines is 1. The minimum absolute atomic E-state index is 0.786. The number of nitrogens with zero attached hydrogens (tertiary/aromatic N) is 3. The second kappa shape index (κ2) is 6.52. The normalized spacial score (nSPS) is 17.0. The van der Waals surface area contributed by atoms with Crippen LogP contribution in [0.2, 0.25) is 0 Å². The number of fused-ring (bicyclic) bond motifs is 3. The highest BCUT2D eigenvalue weighted by Gasteiger charge is 2.24. The van der Waals surface area contributed by atoms with Gasteiger partial charge in [-0.3, -0.25) is 0 Å². The molecular weight excluding hydrogens is 314 g/mol. The molecule has 0 unspecified atom stereocenters. The maximum absolute atomic E-state index is 4.70. The molecule has 24 heavy (non-hydrogen) atoms. The molecule has 1 aliphatic carbocycles. The summed E-state index contributed by atoms with van der Waals surface area (Å²) in [6.07, 6.45) is 5.37. The molecule has 0 N–H and O–H groups in total. The molecule has 1 aliphatic rings. The lowest BCUT2D eigenvalue weighted by molar-refractivity contribution is 0.509. The molecule has 1 atom stereocenters. The number of hydrogen-bond acceptors (Lipinski definition) is 4. The Morgan fingerprint density at radius 2 is 2.04 bits per heavy atom. The van der Waals surface area contributed by atoms with Crippen molar-refractivity contribution in [1.29, 1.82) is 0 Å². The maximum atomic E-state index is 4.70. The van der Waals surface area contributed by atoms with E-state index in [-0.39, 0.29) is 0 Å². The lowest BCUT2D eigenvalue weighted by Crippen LogP contribution is -2.23. The van der Waals surface area contributed by atoms with Crippen molar-refractivity contribution in [3.63, 3.8) is 0 Å². The Kier molecular flexibility index (Phi) is 4.23. The van der Waals surface area contributed by atoms with Gasteiger partial charge in [0.15, 0.2) is 0 Å². The molecular formula is C20H23N3S. The van der Waals surface area contributed by atoms with Gasteiger partial charge in [-0.1, -0.05) is 37.3 Å². The number of benzene rings is 1. The Labute approximate surface area is 147 Å². The Morgan fingerprint density at radius 3 is 2.83 bits per heavy atom. The van der Waals surface area contributed by atoms with Crippen molar-refractivity contribution in [1.82, 2.24) is 9.97 Å². The highest BCUT2D eigenvalue weighted by atomic mass is 32.1. The second-order valence-corrected chi connectivity index (χ2v) is 7.81. The van der Waals surface area contributed by atoms with E-state index in [0.29, 0.717) is 0 Å². The van der Waals surface area contributed by atoms with E-state index in [2.05, 4.69) is 54.1 Å². The Bertz CT molecular complexity index is 841. The average molecular weight is 337 g/mol. The van der Waals surface area contributed by atoms with Gasteiger partial charge in [0.25, 0.3) is 0 Å². The molecule has 0 saturated heterocycles. The Hall–Kier alpha value is -1.94. The topological polar surface area (TPSA) is 29.0 Å².